The fraction of sp³-hybridized carbons (Fsp3) is 0. The largest absolute Gasteiger partial charge is 0.508 e. The molecule has 5 nitrogen and oxygen atoms in total. The molecule has 0 aliphatic carbocycles. The van der Waals surface area contributed by atoms with Crippen LogP contribution in [0.5, 0.6) is 11.5 Å². The summed E-state index contributed by atoms with van der Waals surface area (Å²) >= 11 is 0. The standard InChI is InChI=1S/C13H11FN2O3/c14-7-1-4-10(15)11(5-7)16-13(19)9-3-2-8(17)6-12(9)18/h1-6,17-18H,15H2,(H,16,19). The zero-order valence-corrected chi connectivity index (χ0v) is 9.72. The lowest BCUT2D eigenvalue weighted by molar-refractivity contribution is 0.102. The normalized spacial score (nSPS) is 10.2. The summed E-state index contributed by atoms with van der Waals surface area (Å²) in [5, 5.41) is 21.0. The Labute approximate surface area is 108 Å². The topological polar surface area (TPSA) is 95.6 Å². The Morgan fingerprint density at radius 2 is 1.89 bits per heavy atom. The Morgan fingerprint density at radius 1 is 1.16 bits per heavy atom. The van der Waals surface area contributed by atoms with Gasteiger partial charge in [-0.25, -0.2) is 4.39 Å². The van der Waals surface area contributed by atoms with Crippen LogP contribution in [0.25, 0.3) is 0 Å². The van der Waals surface area contributed by atoms with Crippen LogP contribution in [0.2, 0.25) is 0 Å². The van der Waals surface area contributed by atoms with Gasteiger partial charge in [0.25, 0.3) is 5.91 Å². The van der Waals surface area contributed by atoms with Gasteiger partial charge in [0.2, 0.25) is 0 Å². The van der Waals surface area contributed by atoms with Crippen molar-refractivity contribution in [2.45, 2.75) is 0 Å². The average molecular weight is 262 g/mol. The maximum absolute atomic E-state index is 13.0. The molecule has 0 saturated carbocycles. The van der Waals surface area contributed by atoms with Gasteiger partial charge in [-0.2, -0.15) is 0 Å². The summed E-state index contributed by atoms with van der Waals surface area (Å²) in [6.45, 7) is 0. The third-order valence-corrected chi connectivity index (χ3v) is 2.49. The van der Waals surface area contributed by atoms with Crippen LogP contribution in [0.15, 0.2) is 36.4 Å². The van der Waals surface area contributed by atoms with Crippen LogP contribution < -0.4 is 11.1 Å². The van der Waals surface area contributed by atoms with Crippen molar-refractivity contribution in [1.82, 2.24) is 0 Å². The number of phenolic OH excluding ortho intramolecular Hbond substituents is 2. The predicted molar refractivity (Wildman–Crippen MR) is 68.5 cm³/mol. The highest BCUT2D eigenvalue weighted by molar-refractivity contribution is 6.07. The van der Waals surface area contributed by atoms with E-state index in [-0.39, 0.29) is 28.4 Å². The number of carbonyl (C=O) groups is 1. The van der Waals surface area contributed by atoms with Crippen molar-refractivity contribution in [1.29, 1.82) is 0 Å². The number of phenols is 2. The van der Waals surface area contributed by atoms with Gasteiger partial charge in [0.1, 0.15) is 17.3 Å². The molecule has 0 unspecified atom stereocenters. The molecule has 6 heteroatoms. The second kappa shape index (κ2) is 4.85. The molecular weight excluding hydrogens is 251 g/mol. The summed E-state index contributed by atoms with van der Waals surface area (Å²) in [7, 11) is 0. The molecule has 5 N–H and O–H groups in total. The van der Waals surface area contributed by atoms with Crippen molar-refractivity contribution in [2.75, 3.05) is 11.1 Å². The second-order valence-electron chi connectivity index (χ2n) is 3.89. The molecule has 0 bridgehead atoms. The van der Waals surface area contributed by atoms with Crippen LogP contribution >= 0.6 is 0 Å². The van der Waals surface area contributed by atoms with Gasteiger partial charge in [-0.3, -0.25) is 4.79 Å². The minimum Gasteiger partial charge on any atom is -0.508 e. The van der Waals surface area contributed by atoms with Crippen LogP contribution in [-0.4, -0.2) is 16.1 Å². The van der Waals surface area contributed by atoms with Gasteiger partial charge in [0.15, 0.2) is 0 Å². The Kier molecular flexibility index (Phi) is 3.24. The number of nitrogens with one attached hydrogen (secondary N) is 1. The number of anilines is 2. The molecular formula is C13H11FN2O3. The van der Waals surface area contributed by atoms with Gasteiger partial charge >= 0.3 is 0 Å². The number of amides is 1. The van der Waals surface area contributed by atoms with Crippen LogP contribution in [-0.2, 0) is 0 Å². The lowest BCUT2D eigenvalue weighted by Gasteiger charge is -2.09. The molecule has 0 aliphatic rings. The van der Waals surface area contributed by atoms with Gasteiger partial charge in [-0.1, -0.05) is 0 Å². The number of nitrogens with two attached hydrogens (primary N) is 1. The summed E-state index contributed by atoms with van der Waals surface area (Å²) in [6.07, 6.45) is 0. The molecule has 0 atom stereocenters. The molecule has 98 valence electrons. The monoisotopic (exact) mass is 262 g/mol. The molecule has 19 heavy (non-hydrogen) atoms. The maximum Gasteiger partial charge on any atom is 0.259 e. The first-order chi connectivity index (χ1) is 8.97. The summed E-state index contributed by atoms with van der Waals surface area (Å²) in [5.74, 6) is -1.75. The Balaban J connectivity index is 2.28. The van der Waals surface area contributed by atoms with Crippen molar-refractivity contribution in [2.24, 2.45) is 0 Å². The van der Waals surface area contributed by atoms with E-state index in [1.165, 1.54) is 24.3 Å². The van der Waals surface area contributed by atoms with E-state index in [1.54, 1.807) is 0 Å². The average Bonchev–Trinajstić information content (AvgIpc) is 2.33. The minimum absolute atomic E-state index is 0.0542. The van der Waals surface area contributed by atoms with Crippen LogP contribution in [0.3, 0.4) is 0 Å². The van der Waals surface area contributed by atoms with Crippen LogP contribution in [0.4, 0.5) is 15.8 Å². The van der Waals surface area contributed by atoms with Gasteiger partial charge in [-0.05, 0) is 30.3 Å². The third-order valence-electron chi connectivity index (χ3n) is 2.49. The molecule has 0 fully saturated rings. The first-order valence-corrected chi connectivity index (χ1v) is 5.36. The van der Waals surface area contributed by atoms with Crippen molar-refractivity contribution < 1.29 is 19.4 Å². The smallest absolute Gasteiger partial charge is 0.259 e. The Hall–Kier alpha value is -2.76. The van der Waals surface area contributed by atoms with E-state index >= 15 is 0 Å². The molecule has 0 aliphatic heterocycles. The van der Waals surface area contributed by atoms with E-state index in [0.717, 1.165) is 12.1 Å². The number of aromatic hydroxyl groups is 2. The summed E-state index contributed by atoms with van der Waals surface area (Å²) in [6, 6.07) is 7.10. The number of carbonyl (C=O) groups excluding carboxylic acids is 1. The van der Waals surface area contributed by atoms with E-state index in [9.17, 15) is 14.3 Å². The van der Waals surface area contributed by atoms with E-state index in [0.29, 0.717) is 0 Å². The first-order valence-electron chi connectivity index (χ1n) is 5.36. The molecule has 0 saturated heterocycles. The minimum atomic E-state index is -0.658. The maximum atomic E-state index is 13.0. The summed E-state index contributed by atoms with van der Waals surface area (Å²) in [4.78, 5) is 11.9. The Morgan fingerprint density at radius 3 is 2.58 bits per heavy atom. The molecule has 1 amide bonds. The molecule has 2 rings (SSSR count). The lowest BCUT2D eigenvalue weighted by atomic mass is 10.1. The predicted octanol–water partition coefficient (Wildman–Crippen LogP) is 2.07. The summed E-state index contributed by atoms with van der Waals surface area (Å²) < 4.78 is 13.0. The molecule has 0 radical (unpaired) electrons. The fourth-order valence-corrected chi connectivity index (χ4v) is 1.54. The molecule has 2 aromatic carbocycles. The van der Waals surface area contributed by atoms with E-state index in [4.69, 9.17) is 10.8 Å². The van der Waals surface area contributed by atoms with Gasteiger partial charge in [0.05, 0.1) is 16.9 Å². The highest BCUT2D eigenvalue weighted by atomic mass is 19.1. The van der Waals surface area contributed by atoms with Gasteiger partial charge < -0.3 is 21.3 Å². The van der Waals surface area contributed by atoms with E-state index in [1.807, 2.05) is 0 Å². The second-order valence-corrected chi connectivity index (χ2v) is 3.89. The lowest BCUT2D eigenvalue weighted by Crippen LogP contribution is -2.13. The number of halogens is 1. The number of hydrogen-bond donors (Lipinski definition) is 4. The summed E-state index contributed by atoms with van der Waals surface area (Å²) in [5.41, 5.74) is 5.85. The quantitative estimate of drug-likeness (QED) is 0.623. The molecule has 2 aromatic rings. The van der Waals surface area contributed by atoms with Crippen molar-refractivity contribution >= 4 is 17.3 Å². The number of nitrogen functional groups attached to an aromatic ring is 1. The fourth-order valence-electron chi connectivity index (χ4n) is 1.54. The third kappa shape index (κ3) is 2.74. The Bertz CT molecular complexity index is 644. The van der Waals surface area contributed by atoms with E-state index < -0.39 is 11.7 Å². The first kappa shape index (κ1) is 12.7. The van der Waals surface area contributed by atoms with Gasteiger partial charge in [-0.15, -0.1) is 0 Å². The molecule has 0 heterocycles. The number of rotatable bonds is 2. The highest BCUT2D eigenvalue weighted by Gasteiger charge is 2.13. The molecule has 0 spiro atoms. The molecule has 0 aromatic heterocycles. The van der Waals surface area contributed by atoms with Crippen molar-refractivity contribution in [3.8, 4) is 11.5 Å². The zero-order valence-electron chi connectivity index (χ0n) is 9.72. The SMILES string of the molecule is Nc1ccc(F)cc1NC(=O)c1ccc(O)cc1O. The highest BCUT2D eigenvalue weighted by Crippen LogP contribution is 2.25. The van der Waals surface area contributed by atoms with E-state index in [2.05, 4.69) is 5.32 Å². The zero-order chi connectivity index (χ0) is 14.0. The number of hydrogen-bond acceptors (Lipinski definition) is 4. The van der Waals surface area contributed by atoms with Crippen molar-refractivity contribution in [3.05, 3.63) is 47.8 Å². The van der Waals surface area contributed by atoms with Crippen molar-refractivity contribution in [3.63, 3.8) is 0 Å². The number of benzene rings is 2. The van der Waals surface area contributed by atoms with Crippen LogP contribution in [0, 0.1) is 5.82 Å². The van der Waals surface area contributed by atoms with Gasteiger partial charge in [0, 0.05) is 6.07 Å². The van der Waals surface area contributed by atoms with Crippen LogP contribution in [0.1, 0.15) is 10.4 Å².